The van der Waals surface area contributed by atoms with Crippen LogP contribution in [0.25, 0.3) is 0 Å². The number of hydrogen-bond acceptors (Lipinski definition) is 4. The Hall–Kier alpha value is 3.48. The van der Waals surface area contributed by atoms with Crippen LogP contribution in [-0.4, -0.2) is 42.6 Å². The van der Waals surface area contributed by atoms with Gasteiger partial charge in [0.2, 0.25) is 0 Å². The Morgan fingerprint density at radius 2 is 1.30 bits per heavy atom. The molecule has 0 aliphatic rings. The van der Waals surface area contributed by atoms with Crippen LogP contribution in [-0.2, 0) is 21.7 Å². The normalized spacial score (nSPS) is 14.2. The van der Waals surface area contributed by atoms with Gasteiger partial charge in [0.1, 0.15) is 0 Å². The van der Waals surface area contributed by atoms with Crippen molar-refractivity contribution in [2.45, 2.75) is 45.8 Å². The van der Waals surface area contributed by atoms with E-state index in [4.69, 9.17) is 16.8 Å². The monoisotopic (exact) mass is 730 g/mol. The standard InChI is InChI=1S/C8H26O4Si4.3HI.V/c1-9-15(5,6)12-16(7,8)11-14(4)10-13(2)3;;;;/h13-14H,1-8H3;3*1H;/q;;;;+3/p-3. The molecule has 0 saturated carbocycles. The molecule has 0 bridgehead atoms. The van der Waals surface area contributed by atoms with Gasteiger partial charge in [-0.15, -0.1) is 0 Å². The molecular formula is C8H26I3O4Si4V. The van der Waals surface area contributed by atoms with E-state index in [-0.39, 0.29) is 4.92 Å². The van der Waals surface area contributed by atoms with Crippen LogP contribution >= 0.6 is 59.9 Å². The fourth-order valence-corrected chi connectivity index (χ4v) is 14.1. The Labute approximate surface area is 167 Å². The van der Waals surface area contributed by atoms with E-state index in [0.29, 0.717) is 0 Å². The summed E-state index contributed by atoms with van der Waals surface area (Å²) < 4.78 is 23.2. The van der Waals surface area contributed by atoms with Crippen LogP contribution in [0.15, 0.2) is 0 Å². The molecule has 0 fully saturated rings. The number of hydrogen-bond donors (Lipinski definition) is 0. The number of rotatable bonds is 7. The SMILES string of the molecule is CO[Si](C)(C)O[Si](C)(C)O[SiH](C)O[SiH](C)C.[I][V]([I])[I]. The van der Waals surface area contributed by atoms with Gasteiger partial charge in [0, 0.05) is 7.11 Å². The molecule has 0 aromatic rings. The molecule has 0 heterocycles. The minimum absolute atomic E-state index is 0.278. The summed E-state index contributed by atoms with van der Waals surface area (Å²) in [6, 6.07) is 0. The third-order valence-corrected chi connectivity index (χ3v) is 14.1. The zero-order chi connectivity index (χ0) is 16.6. The molecule has 0 rings (SSSR count). The fraction of sp³-hybridized carbons (Fsp3) is 1.00. The van der Waals surface area contributed by atoms with E-state index >= 15 is 0 Å². The van der Waals surface area contributed by atoms with Gasteiger partial charge < -0.3 is 16.8 Å². The van der Waals surface area contributed by atoms with Crippen molar-refractivity contribution in [1.29, 1.82) is 0 Å². The van der Waals surface area contributed by atoms with Crippen LogP contribution in [0.5, 0.6) is 0 Å². The fourth-order valence-electron chi connectivity index (χ4n) is 1.47. The van der Waals surface area contributed by atoms with Gasteiger partial charge in [-0.25, -0.2) is 0 Å². The summed E-state index contributed by atoms with van der Waals surface area (Å²) in [4.78, 5) is -0.278. The van der Waals surface area contributed by atoms with Crippen molar-refractivity contribution in [2.75, 3.05) is 7.11 Å². The van der Waals surface area contributed by atoms with Crippen LogP contribution in [0.3, 0.4) is 0 Å². The molecule has 124 valence electrons. The maximum absolute atomic E-state index is 6.03. The molecule has 1 atom stereocenters. The molecule has 20 heavy (non-hydrogen) atoms. The van der Waals surface area contributed by atoms with Crippen LogP contribution < -0.4 is 0 Å². The first kappa shape index (κ1) is 25.7. The van der Waals surface area contributed by atoms with Crippen molar-refractivity contribution >= 4 is 95.4 Å². The quantitative estimate of drug-likeness (QED) is 0.285. The summed E-state index contributed by atoms with van der Waals surface area (Å²) >= 11 is 7.39. The summed E-state index contributed by atoms with van der Waals surface area (Å²) in [5, 5.41) is 0. The predicted molar refractivity (Wildman–Crippen MR) is 119 cm³/mol. The zero-order valence-electron chi connectivity index (χ0n) is 13.4. The van der Waals surface area contributed by atoms with Gasteiger partial charge in [0.25, 0.3) is 9.28 Å². The van der Waals surface area contributed by atoms with Gasteiger partial charge in [-0.05, 0) is 45.8 Å². The molecule has 0 amide bonds. The molecule has 0 aromatic carbocycles. The molecule has 12 heteroatoms. The Balaban J connectivity index is 0. The van der Waals surface area contributed by atoms with Gasteiger partial charge in [-0.1, -0.05) is 0 Å². The second-order valence-electron chi connectivity index (χ2n) is 5.17. The second kappa shape index (κ2) is 12.8. The topological polar surface area (TPSA) is 36.9 Å². The Morgan fingerprint density at radius 3 is 1.60 bits per heavy atom. The van der Waals surface area contributed by atoms with Crippen molar-refractivity contribution in [2.24, 2.45) is 0 Å². The van der Waals surface area contributed by atoms with Crippen LogP contribution in [0.1, 0.15) is 0 Å². The first-order chi connectivity index (χ1) is 8.81. The molecule has 0 aromatic heterocycles. The molecular weight excluding hydrogens is 704 g/mol. The zero-order valence-corrected chi connectivity index (χ0v) is 25.5. The third kappa shape index (κ3) is 19.5. The van der Waals surface area contributed by atoms with Gasteiger partial charge in [-0.3, -0.25) is 0 Å². The summed E-state index contributed by atoms with van der Waals surface area (Å²) in [7, 11) is -4.91. The van der Waals surface area contributed by atoms with Crippen molar-refractivity contribution in [3.8, 4) is 0 Å². The summed E-state index contributed by atoms with van der Waals surface area (Å²) in [5.41, 5.74) is 0. The van der Waals surface area contributed by atoms with E-state index in [2.05, 4.69) is 92.7 Å². The molecule has 4 nitrogen and oxygen atoms in total. The van der Waals surface area contributed by atoms with Crippen LogP contribution in [0, 0.1) is 0 Å². The van der Waals surface area contributed by atoms with E-state index in [9.17, 15) is 0 Å². The predicted octanol–water partition coefficient (Wildman–Crippen LogP) is 4.57. The second-order valence-corrected chi connectivity index (χ2v) is 52.6. The van der Waals surface area contributed by atoms with Gasteiger partial charge >= 0.3 is 82.0 Å². The molecule has 0 saturated heterocycles. The molecule has 0 radical (unpaired) electrons. The van der Waals surface area contributed by atoms with Crippen molar-refractivity contribution in [3.05, 3.63) is 0 Å². The van der Waals surface area contributed by atoms with Crippen molar-refractivity contribution in [3.63, 3.8) is 0 Å². The molecule has 0 spiro atoms. The van der Waals surface area contributed by atoms with E-state index in [1.807, 2.05) is 13.1 Å². The van der Waals surface area contributed by atoms with E-state index in [1.54, 1.807) is 7.11 Å². The Bertz CT molecular complexity index is 259. The first-order valence-electron chi connectivity index (χ1n) is 6.17. The molecule has 0 aliphatic carbocycles. The Morgan fingerprint density at radius 1 is 0.900 bits per heavy atom. The van der Waals surface area contributed by atoms with E-state index in [1.165, 1.54) is 0 Å². The number of halogens is 3. The van der Waals surface area contributed by atoms with Crippen LogP contribution in [0.2, 0.25) is 45.8 Å². The van der Waals surface area contributed by atoms with E-state index in [0.717, 1.165) is 0 Å². The Kier molecular flexibility index (Phi) is 16.4. The van der Waals surface area contributed by atoms with E-state index < -0.39 is 35.4 Å². The average molecular weight is 730 g/mol. The minimum atomic E-state index is -2.09. The summed E-state index contributed by atoms with van der Waals surface area (Å²) in [5.74, 6) is 0. The van der Waals surface area contributed by atoms with Gasteiger partial charge in [-0.2, -0.15) is 0 Å². The maximum atomic E-state index is 6.03. The average Bonchev–Trinajstić information content (AvgIpc) is 2.11. The molecule has 0 N–H and O–H groups in total. The molecule has 1 unspecified atom stereocenters. The third-order valence-electron chi connectivity index (χ3n) is 1.90. The van der Waals surface area contributed by atoms with Gasteiger partial charge in [0.15, 0.2) is 9.04 Å². The summed E-state index contributed by atoms with van der Waals surface area (Å²) in [6.07, 6.45) is 0. The van der Waals surface area contributed by atoms with Crippen molar-refractivity contribution < 1.29 is 21.7 Å². The van der Waals surface area contributed by atoms with Crippen LogP contribution in [0.4, 0.5) is 0 Å². The summed E-state index contributed by atoms with van der Waals surface area (Å²) in [6.45, 7) is 14.6. The first-order valence-corrected chi connectivity index (χ1v) is 30.2. The van der Waals surface area contributed by atoms with Crippen molar-refractivity contribution in [1.82, 2.24) is 0 Å². The van der Waals surface area contributed by atoms with Gasteiger partial charge in [0.05, 0.1) is 0 Å². The molecule has 0 aliphatic heterocycles.